The lowest BCUT2D eigenvalue weighted by Gasteiger charge is -2.21. The fourth-order valence-electron chi connectivity index (χ4n) is 3.09. The molecular formula is C9H14ClF2N. The zero-order chi connectivity index (χ0) is 8.34. The first-order chi connectivity index (χ1) is 5.69. The first-order valence-corrected chi connectivity index (χ1v) is 4.78. The molecule has 2 saturated carbocycles. The largest absolute Gasteiger partial charge is 0.316 e. The van der Waals surface area contributed by atoms with E-state index in [2.05, 4.69) is 5.32 Å². The number of halogens is 3. The molecule has 13 heavy (non-hydrogen) atoms. The minimum absolute atomic E-state index is 0. The van der Waals surface area contributed by atoms with Crippen molar-refractivity contribution < 1.29 is 8.78 Å². The molecule has 4 heteroatoms. The summed E-state index contributed by atoms with van der Waals surface area (Å²) in [5.74, 6) is -1.68. The molecule has 0 bridgehead atoms. The van der Waals surface area contributed by atoms with Crippen LogP contribution in [0.15, 0.2) is 0 Å². The standard InChI is InChI=1S/C9H13F2N.ClH/c10-9(11)7-1-5-3-12-4-6(5)2-8(7)9;/h5-8,12H,1-4H2;1H. The summed E-state index contributed by atoms with van der Waals surface area (Å²) in [6.07, 6.45) is 1.55. The molecule has 0 aromatic rings. The minimum Gasteiger partial charge on any atom is -0.316 e. The lowest BCUT2D eigenvalue weighted by Crippen LogP contribution is -2.18. The third-order valence-electron chi connectivity index (χ3n) is 3.96. The van der Waals surface area contributed by atoms with E-state index in [1.807, 2.05) is 0 Å². The lowest BCUT2D eigenvalue weighted by molar-refractivity contribution is 0.0838. The molecule has 1 N–H and O–H groups in total. The van der Waals surface area contributed by atoms with Crippen LogP contribution in [0.5, 0.6) is 0 Å². The molecule has 0 aromatic carbocycles. The van der Waals surface area contributed by atoms with E-state index in [4.69, 9.17) is 0 Å². The summed E-state index contributed by atoms with van der Waals surface area (Å²) in [5, 5.41) is 3.29. The summed E-state index contributed by atoms with van der Waals surface area (Å²) in [6, 6.07) is 0. The molecule has 4 atom stereocenters. The zero-order valence-corrected chi connectivity index (χ0v) is 8.12. The van der Waals surface area contributed by atoms with Gasteiger partial charge in [-0.15, -0.1) is 12.4 Å². The Kier molecular flexibility index (Phi) is 2.08. The van der Waals surface area contributed by atoms with Gasteiger partial charge in [0.05, 0.1) is 0 Å². The Bertz CT molecular complexity index is 198. The van der Waals surface area contributed by atoms with Crippen LogP contribution in [0, 0.1) is 23.7 Å². The van der Waals surface area contributed by atoms with Crippen LogP contribution in [-0.2, 0) is 0 Å². The number of nitrogens with one attached hydrogen (secondary N) is 1. The van der Waals surface area contributed by atoms with E-state index in [-0.39, 0.29) is 24.2 Å². The van der Waals surface area contributed by atoms with E-state index >= 15 is 0 Å². The fourth-order valence-corrected chi connectivity index (χ4v) is 3.09. The fraction of sp³-hybridized carbons (Fsp3) is 1.00. The van der Waals surface area contributed by atoms with Crippen LogP contribution in [-0.4, -0.2) is 19.0 Å². The van der Waals surface area contributed by atoms with Gasteiger partial charge in [-0.25, -0.2) is 8.78 Å². The van der Waals surface area contributed by atoms with Crippen molar-refractivity contribution in [1.82, 2.24) is 5.32 Å². The minimum atomic E-state index is -2.29. The predicted octanol–water partition coefficient (Wildman–Crippen LogP) is 1.92. The van der Waals surface area contributed by atoms with Crippen molar-refractivity contribution in [3.63, 3.8) is 0 Å². The molecule has 3 rings (SSSR count). The van der Waals surface area contributed by atoms with E-state index in [1.165, 1.54) is 0 Å². The van der Waals surface area contributed by atoms with Crippen molar-refractivity contribution in [1.29, 1.82) is 0 Å². The van der Waals surface area contributed by atoms with Gasteiger partial charge >= 0.3 is 0 Å². The zero-order valence-electron chi connectivity index (χ0n) is 7.30. The molecule has 1 heterocycles. The van der Waals surface area contributed by atoms with Crippen molar-refractivity contribution in [2.24, 2.45) is 23.7 Å². The van der Waals surface area contributed by atoms with Gasteiger partial charge in [-0.1, -0.05) is 0 Å². The third-order valence-corrected chi connectivity index (χ3v) is 3.96. The molecule has 3 aliphatic rings. The first kappa shape index (κ1) is 9.66. The molecule has 0 amide bonds. The van der Waals surface area contributed by atoms with Gasteiger partial charge in [0, 0.05) is 11.8 Å². The van der Waals surface area contributed by atoms with Crippen molar-refractivity contribution in [2.75, 3.05) is 13.1 Å². The Morgan fingerprint density at radius 3 is 1.92 bits per heavy atom. The Morgan fingerprint density at radius 2 is 1.46 bits per heavy atom. The Labute approximate surface area is 82.7 Å². The Balaban J connectivity index is 0.000000653. The van der Waals surface area contributed by atoms with Crippen LogP contribution in [0.25, 0.3) is 0 Å². The second kappa shape index (κ2) is 2.80. The third kappa shape index (κ3) is 1.20. The van der Waals surface area contributed by atoms with Gasteiger partial charge in [-0.2, -0.15) is 0 Å². The van der Waals surface area contributed by atoms with Gasteiger partial charge in [0.15, 0.2) is 0 Å². The van der Waals surface area contributed by atoms with Crippen molar-refractivity contribution >= 4 is 12.4 Å². The van der Waals surface area contributed by atoms with E-state index in [0.29, 0.717) is 11.8 Å². The van der Waals surface area contributed by atoms with Gasteiger partial charge in [-0.05, 0) is 37.8 Å². The highest BCUT2D eigenvalue weighted by atomic mass is 35.5. The number of rotatable bonds is 0. The monoisotopic (exact) mass is 209 g/mol. The van der Waals surface area contributed by atoms with Crippen molar-refractivity contribution in [2.45, 2.75) is 18.8 Å². The molecule has 1 saturated heterocycles. The van der Waals surface area contributed by atoms with Crippen LogP contribution in [0.1, 0.15) is 12.8 Å². The number of hydrogen-bond donors (Lipinski definition) is 1. The average Bonchev–Trinajstić information content (AvgIpc) is 2.50. The van der Waals surface area contributed by atoms with Crippen LogP contribution >= 0.6 is 12.4 Å². The molecule has 4 unspecified atom stereocenters. The summed E-state index contributed by atoms with van der Waals surface area (Å²) >= 11 is 0. The molecule has 2 aliphatic carbocycles. The highest BCUT2D eigenvalue weighted by Gasteiger charge is 2.70. The van der Waals surface area contributed by atoms with Gasteiger partial charge in [-0.3, -0.25) is 0 Å². The van der Waals surface area contributed by atoms with E-state index in [1.54, 1.807) is 0 Å². The summed E-state index contributed by atoms with van der Waals surface area (Å²) in [7, 11) is 0. The second-order valence-corrected chi connectivity index (χ2v) is 4.54. The van der Waals surface area contributed by atoms with Crippen molar-refractivity contribution in [3.05, 3.63) is 0 Å². The van der Waals surface area contributed by atoms with Gasteiger partial charge < -0.3 is 5.32 Å². The molecule has 3 fully saturated rings. The number of fused-ring (bicyclic) bond motifs is 2. The molecule has 0 aromatic heterocycles. The topological polar surface area (TPSA) is 12.0 Å². The van der Waals surface area contributed by atoms with Gasteiger partial charge in [0.1, 0.15) is 0 Å². The van der Waals surface area contributed by atoms with Gasteiger partial charge in [0.25, 0.3) is 5.92 Å². The van der Waals surface area contributed by atoms with E-state index < -0.39 is 5.92 Å². The Hall–Kier alpha value is 0.110. The molecule has 0 spiro atoms. The molecule has 1 aliphatic heterocycles. The highest BCUT2D eigenvalue weighted by molar-refractivity contribution is 5.85. The number of alkyl halides is 2. The maximum Gasteiger partial charge on any atom is 0.254 e. The van der Waals surface area contributed by atoms with Crippen LogP contribution in [0.2, 0.25) is 0 Å². The van der Waals surface area contributed by atoms with Gasteiger partial charge in [0.2, 0.25) is 0 Å². The smallest absolute Gasteiger partial charge is 0.254 e. The predicted molar refractivity (Wildman–Crippen MR) is 48.3 cm³/mol. The summed E-state index contributed by atoms with van der Waals surface area (Å²) in [4.78, 5) is 0. The van der Waals surface area contributed by atoms with Crippen LogP contribution in [0.4, 0.5) is 8.78 Å². The first-order valence-electron chi connectivity index (χ1n) is 4.78. The molecule has 1 nitrogen and oxygen atoms in total. The summed E-state index contributed by atoms with van der Waals surface area (Å²) in [6.45, 7) is 1.95. The van der Waals surface area contributed by atoms with Crippen LogP contribution in [0.3, 0.4) is 0 Å². The maximum absolute atomic E-state index is 13.0. The summed E-state index contributed by atoms with van der Waals surface area (Å²) in [5.41, 5.74) is 0. The summed E-state index contributed by atoms with van der Waals surface area (Å²) < 4.78 is 26.0. The average molecular weight is 210 g/mol. The van der Waals surface area contributed by atoms with Crippen molar-refractivity contribution in [3.8, 4) is 0 Å². The molecular weight excluding hydrogens is 196 g/mol. The molecule has 0 radical (unpaired) electrons. The normalized spacial score (nSPS) is 50.3. The molecule has 76 valence electrons. The highest BCUT2D eigenvalue weighted by Crippen LogP contribution is 2.64. The maximum atomic E-state index is 13.0. The van der Waals surface area contributed by atoms with E-state index in [0.717, 1.165) is 25.9 Å². The van der Waals surface area contributed by atoms with Crippen LogP contribution < -0.4 is 5.32 Å². The second-order valence-electron chi connectivity index (χ2n) is 4.54. The quantitative estimate of drug-likeness (QED) is 0.643. The van der Waals surface area contributed by atoms with E-state index in [9.17, 15) is 8.78 Å². The lowest BCUT2D eigenvalue weighted by atomic mass is 9.82. The Morgan fingerprint density at radius 1 is 1.00 bits per heavy atom. The number of hydrogen-bond acceptors (Lipinski definition) is 1. The SMILES string of the molecule is Cl.FC1(F)C2CC3CNCC3CC21.